The number of fused-ring (bicyclic) bond motifs is 1. The lowest BCUT2D eigenvalue weighted by Crippen LogP contribution is -2.33. The molecule has 2 heterocycles. The Balaban J connectivity index is 1.74. The number of carbonyl (C=O) groups is 1. The fourth-order valence-corrected chi connectivity index (χ4v) is 4.77. The molecule has 37 heavy (non-hydrogen) atoms. The van der Waals surface area contributed by atoms with E-state index in [2.05, 4.69) is 75.7 Å². The Morgan fingerprint density at radius 3 is 2.51 bits per heavy atom. The first-order valence-electron chi connectivity index (χ1n) is 12.6. The fourth-order valence-electron chi connectivity index (χ4n) is 4.77. The van der Waals surface area contributed by atoms with Crippen LogP contribution < -0.4 is 5.56 Å². The van der Waals surface area contributed by atoms with E-state index in [1.807, 2.05) is 19.9 Å². The second-order valence-corrected chi connectivity index (χ2v) is 9.48. The summed E-state index contributed by atoms with van der Waals surface area (Å²) in [4.78, 5) is 30.7. The molecule has 0 amide bonds. The van der Waals surface area contributed by atoms with Gasteiger partial charge in [0.25, 0.3) is 5.56 Å². The first-order valence-corrected chi connectivity index (χ1v) is 12.6. The predicted octanol–water partition coefficient (Wildman–Crippen LogP) is 4.16. The van der Waals surface area contributed by atoms with E-state index in [1.54, 1.807) is 6.92 Å². The van der Waals surface area contributed by atoms with Gasteiger partial charge in [-0.25, -0.2) is 4.68 Å². The molecule has 2 aromatic heterocycles. The van der Waals surface area contributed by atoms with E-state index in [0.717, 1.165) is 27.6 Å². The molecule has 0 aliphatic rings. The lowest BCUT2D eigenvalue weighted by atomic mass is 10.0. The van der Waals surface area contributed by atoms with Crippen molar-refractivity contribution in [1.29, 1.82) is 0 Å². The number of pyridine rings is 1. The third-order valence-electron chi connectivity index (χ3n) is 6.52. The molecule has 194 valence electrons. The minimum absolute atomic E-state index is 0.0693. The molecular weight excluding hydrogens is 468 g/mol. The summed E-state index contributed by atoms with van der Waals surface area (Å²) >= 11 is 0. The molecule has 1 N–H and O–H groups in total. The lowest BCUT2D eigenvalue weighted by molar-refractivity contribution is -0.144. The zero-order chi connectivity index (χ0) is 26.5. The largest absolute Gasteiger partial charge is 0.465 e. The highest BCUT2D eigenvalue weighted by Crippen LogP contribution is 2.27. The standard InChI is InChI=1S/C28H34N6O3/c1-6-24(27-30-31-32-34(27)17-25(35)37-7-2)33(15-21-10-8-18(3)9-11-21)16-23-14-22-13-19(4)12-20(5)26(22)29-28(23)36/h8-14,24H,6-7,15-17H2,1-5H3,(H,29,36)/t24-/m1/s1. The molecule has 2 aromatic carbocycles. The first-order chi connectivity index (χ1) is 17.8. The number of rotatable bonds is 10. The van der Waals surface area contributed by atoms with Crippen LogP contribution in [0.25, 0.3) is 10.9 Å². The van der Waals surface area contributed by atoms with Crippen molar-refractivity contribution in [2.75, 3.05) is 6.61 Å². The maximum atomic E-state index is 13.2. The van der Waals surface area contributed by atoms with Gasteiger partial charge in [-0.2, -0.15) is 0 Å². The monoisotopic (exact) mass is 502 g/mol. The quantitative estimate of drug-likeness (QED) is 0.325. The van der Waals surface area contributed by atoms with Gasteiger partial charge in [0, 0.05) is 18.7 Å². The molecule has 9 heteroatoms. The summed E-state index contributed by atoms with van der Waals surface area (Å²) in [5.74, 6) is 0.166. The van der Waals surface area contributed by atoms with Crippen molar-refractivity contribution in [2.45, 2.75) is 66.7 Å². The minimum atomic E-state index is -0.396. The number of benzene rings is 2. The molecule has 0 saturated heterocycles. The molecule has 0 aliphatic carbocycles. The average Bonchev–Trinajstić information content (AvgIpc) is 3.29. The number of hydrogen-bond donors (Lipinski definition) is 1. The van der Waals surface area contributed by atoms with Crippen LogP contribution in [-0.4, -0.2) is 42.7 Å². The molecule has 0 spiro atoms. The number of aromatic nitrogens is 5. The molecule has 9 nitrogen and oxygen atoms in total. The molecular formula is C28H34N6O3. The number of aromatic amines is 1. The Morgan fingerprint density at radius 1 is 1.05 bits per heavy atom. The third kappa shape index (κ3) is 6.11. The van der Waals surface area contributed by atoms with Gasteiger partial charge in [-0.1, -0.05) is 48.4 Å². The Morgan fingerprint density at radius 2 is 1.81 bits per heavy atom. The van der Waals surface area contributed by atoms with E-state index in [-0.39, 0.29) is 24.8 Å². The lowest BCUT2D eigenvalue weighted by Gasteiger charge is -2.30. The summed E-state index contributed by atoms with van der Waals surface area (Å²) in [6.07, 6.45) is 0.679. The number of ether oxygens (including phenoxy) is 1. The van der Waals surface area contributed by atoms with Crippen LogP contribution in [0, 0.1) is 20.8 Å². The maximum Gasteiger partial charge on any atom is 0.327 e. The SMILES string of the molecule is CCOC(=O)Cn1nnnc1[C@@H](CC)N(Cc1ccc(C)cc1)Cc1cc2cc(C)cc(C)c2[nH]c1=O. The first kappa shape index (κ1) is 26.2. The molecule has 0 unspecified atom stereocenters. The summed E-state index contributed by atoms with van der Waals surface area (Å²) in [5.41, 5.74) is 5.87. The van der Waals surface area contributed by atoms with Crippen molar-refractivity contribution >= 4 is 16.9 Å². The smallest absolute Gasteiger partial charge is 0.327 e. The number of tetrazole rings is 1. The number of esters is 1. The van der Waals surface area contributed by atoms with E-state index in [1.165, 1.54) is 10.2 Å². The van der Waals surface area contributed by atoms with Gasteiger partial charge in [0.05, 0.1) is 18.2 Å². The number of nitrogens with zero attached hydrogens (tertiary/aromatic N) is 5. The second kappa shape index (κ2) is 11.5. The van der Waals surface area contributed by atoms with Gasteiger partial charge in [0.1, 0.15) is 6.54 Å². The van der Waals surface area contributed by atoms with Crippen LogP contribution in [-0.2, 0) is 29.2 Å². The van der Waals surface area contributed by atoms with Gasteiger partial charge < -0.3 is 9.72 Å². The van der Waals surface area contributed by atoms with Crippen LogP contribution in [0.2, 0.25) is 0 Å². The van der Waals surface area contributed by atoms with Crippen molar-refractivity contribution in [3.8, 4) is 0 Å². The highest BCUT2D eigenvalue weighted by Gasteiger charge is 2.27. The highest BCUT2D eigenvalue weighted by molar-refractivity contribution is 5.82. The second-order valence-electron chi connectivity index (χ2n) is 9.48. The number of nitrogens with one attached hydrogen (secondary N) is 1. The van der Waals surface area contributed by atoms with E-state index in [4.69, 9.17) is 4.74 Å². The predicted molar refractivity (Wildman–Crippen MR) is 142 cm³/mol. The van der Waals surface area contributed by atoms with Gasteiger partial charge in [0.15, 0.2) is 5.82 Å². The van der Waals surface area contributed by atoms with Gasteiger partial charge in [-0.15, -0.1) is 5.10 Å². The Bertz CT molecular complexity index is 1440. The molecule has 0 fully saturated rings. The van der Waals surface area contributed by atoms with E-state index in [0.29, 0.717) is 30.9 Å². The van der Waals surface area contributed by atoms with E-state index >= 15 is 0 Å². The summed E-state index contributed by atoms with van der Waals surface area (Å²) < 4.78 is 6.60. The van der Waals surface area contributed by atoms with Crippen LogP contribution >= 0.6 is 0 Å². The van der Waals surface area contributed by atoms with Gasteiger partial charge in [-0.3, -0.25) is 14.5 Å². The topological polar surface area (TPSA) is 106 Å². The summed E-state index contributed by atoms with van der Waals surface area (Å²) in [6, 6.07) is 14.2. The van der Waals surface area contributed by atoms with Crippen molar-refractivity contribution in [3.63, 3.8) is 0 Å². The Hall–Kier alpha value is -3.85. The van der Waals surface area contributed by atoms with Crippen molar-refractivity contribution < 1.29 is 9.53 Å². The Labute approximate surface area is 216 Å². The maximum absolute atomic E-state index is 13.2. The van der Waals surface area contributed by atoms with Gasteiger partial charge in [0.2, 0.25) is 0 Å². The van der Waals surface area contributed by atoms with Crippen LogP contribution in [0.4, 0.5) is 0 Å². The third-order valence-corrected chi connectivity index (χ3v) is 6.52. The number of carbonyl (C=O) groups excluding carboxylic acids is 1. The molecule has 0 aliphatic heterocycles. The molecule has 1 atom stereocenters. The van der Waals surface area contributed by atoms with Gasteiger partial charge in [-0.05, 0) is 73.2 Å². The number of aryl methyl sites for hydroxylation is 3. The van der Waals surface area contributed by atoms with Crippen LogP contribution in [0.5, 0.6) is 0 Å². The fraction of sp³-hybridized carbons (Fsp3) is 0.393. The summed E-state index contributed by atoms with van der Waals surface area (Å²) in [6.45, 7) is 11.1. The van der Waals surface area contributed by atoms with Crippen molar-refractivity contribution in [2.24, 2.45) is 0 Å². The zero-order valence-corrected chi connectivity index (χ0v) is 22.1. The Kier molecular flexibility index (Phi) is 8.13. The number of hydrogen-bond acceptors (Lipinski definition) is 7. The summed E-state index contributed by atoms with van der Waals surface area (Å²) in [5, 5.41) is 13.2. The van der Waals surface area contributed by atoms with Crippen LogP contribution in [0.3, 0.4) is 0 Å². The molecule has 0 saturated carbocycles. The molecule has 0 radical (unpaired) electrons. The summed E-state index contributed by atoms with van der Waals surface area (Å²) in [7, 11) is 0. The zero-order valence-electron chi connectivity index (χ0n) is 22.1. The highest BCUT2D eigenvalue weighted by atomic mass is 16.5. The normalized spacial score (nSPS) is 12.3. The number of H-pyrrole nitrogens is 1. The molecule has 4 rings (SSSR count). The molecule has 4 aromatic rings. The van der Waals surface area contributed by atoms with E-state index < -0.39 is 5.97 Å². The average molecular weight is 503 g/mol. The minimum Gasteiger partial charge on any atom is -0.465 e. The van der Waals surface area contributed by atoms with Gasteiger partial charge >= 0.3 is 5.97 Å². The van der Waals surface area contributed by atoms with Crippen LogP contribution in [0.1, 0.15) is 60.0 Å². The van der Waals surface area contributed by atoms with E-state index in [9.17, 15) is 9.59 Å². The van der Waals surface area contributed by atoms with Crippen molar-refractivity contribution in [3.05, 3.63) is 86.5 Å². The van der Waals surface area contributed by atoms with Crippen LogP contribution in [0.15, 0.2) is 47.3 Å². The molecule has 0 bridgehead atoms. The van der Waals surface area contributed by atoms with Crippen molar-refractivity contribution in [1.82, 2.24) is 30.1 Å².